The number of hydrogen-bond acceptors (Lipinski definition) is 1. The normalized spacial score (nSPS) is 6.90. The SMILES string of the molecule is Cl.Cl.[NH2][Ti][c]1ccccc1. The Kier molecular flexibility index (Phi) is 9.92. The average molecular weight is 214 g/mol. The standard InChI is InChI=1S/C6H5.2ClH.H2N.Ti/c1-2-4-6-5-3-1;;;;/h1-5H;2*1H;1H2;/q;;;-1;+1. The third-order valence-electron chi connectivity index (χ3n) is 0.940. The van der Waals surface area contributed by atoms with Crippen molar-refractivity contribution in [1.29, 1.82) is 0 Å². The van der Waals surface area contributed by atoms with E-state index in [0.29, 0.717) is 0 Å². The van der Waals surface area contributed by atoms with Crippen LogP contribution in [0, 0.1) is 0 Å². The van der Waals surface area contributed by atoms with E-state index in [9.17, 15) is 0 Å². The molecule has 4 heteroatoms. The molecule has 0 fully saturated rings. The van der Waals surface area contributed by atoms with E-state index in [1.54, 1.807) is 0 Å². The van der Waals surface area contributed by atoms with Gasteiger partial charge in [-0.15, -0.1) is 24.8 Å². The van der Waals surface area contributed by atoms with Crippen LogP contribution in [0.5, 0.6) is 0 Å². The molecule has 0 saturated carbocycles. The summed E-state index contributed by atoms with van der Waals surface area (Å²) in [6.45, 7) is 0. The van der Waals surface area contributed by atoms with E-state index in [0.717, 1.165) is 0 Å². The van der Waals surface area contributed by atoms with Crippen LogP contribution in [0.3, 0.4) is 0 Å². The van der Waals surface area contributed by atoms with Gasteiger partial charge in [-0.25, -0.2) is 0 Å². The predicted molar refractivity (Wildman–Crippen MR) is 44.8 cm³/mol. The van der Waals surface area contributed by atoms with Gasteiger partial charge in [-0.3, -0.25) is 0 Å². The third kappa shape index (κ3) is 4.32. The first-order valence-corrected chi connectivity index (χ1v) is 4.13. The number of halogens is 2. The van der Waals surface area contributed by atoms with Crippen LogP contribution >= 0.6 is 24.8 Å². The van der Waals surface area contributed by atoms with Gasteiger partial charge in [0.15, 0.2) is 0 Å². The molecule has 0 atom stereocenters. The molecule has 1 nitrogen and oxygen atoms in total. The molecule has 0 aliphatic carbocycles. The van der Waals surface area contributed by atoms with E-state index in [2.05, 4.69) is 12.1 Å². The quantitative estimate of drug-likeness (QED) is 0.696. The molecule has 0 aliphatic heterocycles. The molecule has 0 amide bonds. The van der Waals surface area contributed by atoms with Gasteiger partial charge >= 0.3 is 57.8 Å². The van der Waals surface area contributed by atoms with Gasteiger partial charge in [-0.1, -0.05) is 0 Å². The molecule has 0 saturated heterocycles. The van der Waals surface area contributed by atoms with Crippen LogP contribution in [-0.4, -0.2) is 0 Å². The van der Waals surface area contributed by atoms with E-state index in [-0.39, 0.29) is 44.2 Å². The average Bonchev–Trinajstić information content (AvgIpc) is 1.90. The summed E-state index contributed by atoms with van der Waals surface area (Å²) < 4.78 is 6.79. The zero-order chi connectivity index (χ0) is 5.82. The van der Waals surface area contributed by atoms with Gasteiger partial charge in [0.1, 0.15) is 0 Å². The summed E-state index contributed by atoms with van der Waals surface area (Å²) in [4.78, 5) is 0. The molecule has 0 aliphatic rings. The topological polar surface area (TPSA) is 26.0 Å². The summed E-state index contributed by atoms with van der Waals surface area (Å²) in [5.74, 6) is 0. The van der Waals surface area contributed by atoms with E-state index in [4.69, 9.17) is 4.22 Å². The van der Waals surface area contributed by atoms with Crippen molar-refractivity contribution in [3.8, 4) is 0 Å². The Labute approximate surface area is 82.4 Å². The Morgan fingerprint density at radius 3 is 1.80 bits per heavy atom. The second-order valence-corrected chi connectivity index (χ2v) is 2.86. The molecule has 1 rings (SSSR count). The minimum absolute atomic E-state index is 0. The van der Waals surface area contributed by atoms with E-state index >= 15 is 0 Å². The van der Waals surface area contributed by atoms with Crippen LogP contribution in [0.15, 0.2) is 30.3 Å². The molecule has 0 heterocycles. The van der Waals surface area contributed by atoms with Crippen LogP contribution in [0.1, 0.15) is 0 Å². The Balaban J connectivity index is 0. The molecule has 0 spiro atoms. The number of benzene rings is 1. The zero-order valence-corrected chi connectivity index (χ0v) is 8.48. The predicted octanol–water partition coefficient (Wildman–Crippen LogP) is 1.11. The number of rotatable bonds is 1. The molecule has 10 heavy (non-hydrogen) atoms. The second-order valence-electron chi connectivity index (χ2n) is 1.51. The van der Waals surface area contributed by atoms with Gasteiger partial charge < -0.3 is 0 Å². The molecule has 0 bridgehead atoms. The molecule has 0 unspecified atom stereocenters. The number of hydrogen-bond donors (Lipinski definition) is 1. The molecule has 0 radical (unpaired) electrons. The Morgan fingerprint density at radius 1 is 1.00 bits per heavy atom. The van der Waals surface area contributed by atoms with E-state index in [1.807, 2.05) is 18.2 Å². The second kappa shape index (κ2) is 7.58. The first-order chi connectivity index (χ1) is 3.93. The minimum atomic E-state index is -0.304. The Bertz CT molecular complexity index is 157. The molecule has 56 valence electrons. The van der Waals surface area contributed by atoms with Crippen LogP contribution in [0.25, 0.3) is 0 Å². The monoisotopic (exact) mass is 213 g/mol. The number of nitrogens with two attached hydrogens (primary N) is 1. The van der Waals surface area contributed by atoms with Gasteiger partial charge in [-0.05, 0) is 0 Å². The van der Waals surface area contributed by atoms with Crippen molar-refractivity contribution in [2.45, 2.75) is 0 Å². The summed E-state index contributed by atoms with van der Waals surface area (Å²) >= 11 is -0.304. The fraction of sp³-hybridized carbons (Fsp3) is 0. The van der Waals surface area contributed by atoms with Crippen molar-refractivity contribution in [2.75, 3.05) is 0 Å². The summed E-state index contributed by atoms with van der Waals surface area (Å²) in [6, 6.07) is 10.2. The van der Waals surface area contributed by atoms with Crippen molar-refractivity contribution >= 4 is 28.7 Å². The molecule has 2 N–H and O–H groups in total. The van der Waals surface area contributed by atoms with Crippen LogP contribution < -0.4 is 8.08 Å². The Hall–Kier alpha value is 0.474. The fourth-order valence-electron chi connectivity index (χ4n) is 0.534. The zero-order valence-electron chi connectivity index (χ0n) is 5.28. The van der Waals surface area contributed by atoms with Gasteiger partial charge in [-0.2, -0.15) is 0 Å². The summed E-state index contributed by atoms with van der Waals surface area (Å²) in [6.07, 6.45) is 0. The van der Waals surface area contributed by atoms with E-state index in [1.165, 1.54) is 3.87 Å². The summed E-state index contributed by atoms with van der Waals surface area (Å²) in [5.41, 5.74) is 0. The Morgan fingerprint density at radius 2 is 1.50 bits per heavy atom. The van der Waals surface area contributed by atoms with Gasteiger partial charge in [0.05, 0.1) is 0 Å². The molecule has 1 aromatic carbocycles. The van der Waals surface area contributed by atoms with Crippen molar-refractivity contribution in [3.63, 3.8) is 0 Å². The van der Waals surface area contributed by atoms with Gasteiger partial charge in [0.25, 0.3) is 0 Å². The van der Waals surface area contributed by atoms with Crippen molar-refractivity contribution < 1.29 is 19.4 Å². The van der Waals surface area contributed by atoms with Crippen molar-refractivity contribution in [3.05, 3.63) is 30.3 Å². The maximum absolute atomic E-state index is 5.47. The van der Waals surface area contributed by atoms with Gasteiger partial charge in [0.2, 0.25) is 0 Å². The van der Waals surface area contributed by atoms with Gasteiger partial charge in [0, 0.05) is 0 Å². The first kappa shape index (κ1) is 13.1. The summed E-state index contributed by atoms with van der Waals surface area (Å²) in [7, 11) is 0. The van der Waals surface area contributed by atoms with Crippen molar-refractivity contribution in [2.24, 2.45) is 4.22 Å². The fourth-order valence-corrected chi connectivity index (χ4v) is 1.14. The summed E-state index contributed by atoms with van der Waals surface area (Å²) in [5, 5.41) is 0. The molecule has 0 aromatic heterocycles. The molecular weight excluding hydrogens is 205 g/mol. The van der Waals surface area contributed by atoms with Crippen LogP contribution in [0.4, 0.5) is 0 Å². The molecular formula is C6H9Cl2NTi. The van der Waals surface area contributed by atoms with E-state index < -0.39 is 0 Å². The van der Waals surface area contributed by atoms with Crippen molar-refractivity contribution in [1.82, 2.24) is 0 Å². The van der Waals surface area contributed by atoms with Crippen LogP contribution in [0.2, 0.25) is 0 Å². The maximum atomic E-state index is 5.47. The first-order valence-electron chi connectivity index (χ1n) is 2.45. The molecule has 1 aromatic rings. The third-order valence-corrected chi connectivity index (χ3v) is 1.98. The van der Waals surface area contributed by atoms with Crippen LogP contribution in [-0.2, 0) is 19.4 Å².